The number of fused-ring (bicyclic) bond motifs is 1. The molecule has 3 rings (SSSR count). The molecule has 2 unspecified atom stereocenters. The van der Waals surface area contributed by atoms with E-state index in [2.05, 4.69) is 4.98 Å². The Kier molecular flexibility index (Phi) is 2.89. The standard InChI is InChI=1S/C13H15F2N3O/c1-7-4-9(2-3-19-7)18-11-6-8(14)5-10(15)12(11)17-13(18)16/h5-7,9H,2-4H2,1H3,(H2,16,17). The van der Waals surface area contributed by atoms with E-state index in [1.807, 2.05) is 6.92 Å². The molecule has 0 aliphatic carbocycles. The first kappa shape index (κ1) is 12.3. The van der Waals surface area contributed by atoms with Gasteiger partial charge < -0.3 is 15.0 Å². The monoisotopic (exact) mass is 267 g/mol. The van der Waals surface area contributed by atoms with Crippen molar-refractivity contribution in [3.8, 4) is 0 Å². The molecule has 1 saturated heterocycles. The zero-order valence-corrected chi connectivity index (χ0v) is 10.6. The van der Waals surface area contributed by atoms with Crippen molar-refractivity contribution in [2.45, 2.75) is 31.9 Å². The first-order valence-corrected chi connectivity index (χ1v) is 6.30. The topological polar surface area (TPSA) is 53.1 Å². The van der Waals surface area contributed by atoms with E-state index in [1.165, 1.54) is 6.07 Å². The molecule has 2 heterocycles. The number of hydrogen-bond acceptors (Lipinski definition) is 3. The summed E-state index contributed by atoms with van der Waals surface area (Å²) in [5, 5.41) is 0. The summed E-state index contributed by atoms with van der Waals surface area (Å²) in [6.07, 6.45) is 1.63. The van der Waals surface area contributed by atoms with Gasteiger partial charge in [0, 0.05) is 24.8 Å². The summed E-state index contributed by atoms with van der Waals surface area (Å²) in [7, 11) is 0. The van der Waals surface area contributed by atoms with Crippen LogP contribution in [-0.4, -0.2) is 22.3 Å². The third-order valence-electron chi connectivity index (χ3n) is 3.56. The van der Waals surface area contributed by atoms with Gasteiger partial charge in [-0.15, -0.1) is 0 Å². The van der Waals surface area contributed by atoms with Gasteiger partial charge in [-0.05, 0) is 19.8 Å². The van der Waals surface area contributed by atoms with Gasteiger partial charge in [-0.3, -0.25) is 0 Å². The summed E-state index contributed by atoms with van der Waals surface area (Å²) in [4.78, 5) is 4.01. The van der Waals surface area contributed by atoms with Gasteiger partial charge in [0.1, 0.15) is 11.3 Å². The molecule has 0 bridgehead atoms. The number of nitrogens with zero attached hydrogens (tertiary/aromatic N) is 2. The van der Waals surface area contributed by atoms with E-state index in [0.29, 0.717) is 12.1 Å². The normalized spacial score (nSPS) is 23.9. The van der Waals surface area contributed by atoms with Gasteiger partial charge in [-0.25, -0.2) is 13.8 Å². The number of rotatable bonds is 1. The number of hydrogen-bond donors (Lipinski definition) is 1. The van der Waals surface area contributed by atoms with Crippen molar-refractivity contribution in [3.63, 3.8) is 0 Å². The highest BCUT2D eigenvalue weighted by Crippen LogP contribution is 2.32. The molecule has 0 saturated carbocycles. The SMILES string of the molecule is CC1CC(n2c(N)nc3c(F)cc(F)cc32)CCO1. The summed E-state index contributed by atoms with van der Waals surface area (Å²) >= 11 is 0. The van der Waals surface area contributed by atoms with Crippen LogP contribution in [0.15, 0.2) is 12.1 Å². The lowest BCUT2D eigenvalue weighted by Crippen LogP contribution is -2.26. The highest BCUT2D eigenvalue weighted by Gasteiger charge is 2.25. The van der Waals surface area contributed by atoms with Gasteiger partial charge in [0.15, 0.2) is 5.82 Å². The number of ether oxygens (including phenoxy) is 1. The number of nitrogen functional groups attached to an aromatic ring is 1. The van der Waals surface area contributed by atoms with Crippen LogP contribution in [0.2, 0.25) is 0 Å². The molecule has 1 aliphatic rings. The van der Waals surface area contributed by atoms with Gasteiger partial charge in [-0.2, -0.15) is 0 Å². The molecule has 2 atom stereocenters. The summed E-state index contributed by atoms with van der Waals surface area (Å²) in [5.41, 5.74) is 6.40. The van der Waals surface area contributed by atoms with Crippen molar-refractivity contribution >= 4 is 17.0 Å². The smallest absolute Gasteiger partial charge is 0.201 e. The summed E-state index contributed by atoms with van der Waals surface area (Å²) in [6, 6.07) is 2.17. The second-order valence-corrected chi connectivity index (χ2v) is 4.95. The number of imidazole rings is 1. The lowest BCUT2D eigenvalue weighted by molar-refractivity contribution is 0.00713. The predicted octanol–water partition coefficient (Wildman–Crippen LogP) is 2.64. The van der Waals surface area contributed by atoms with Gasteiger partial charge in [-0.1, -0.05) is 0 Å². The van der Waals surface area contributed by atoms with E-state index in [0.717, 1.165) is 18.9 Å². The first-order chi connectivity index (χ1) is 9.06. The minimum atomic E-state index is -0.680. The number of anilines is 1. The van der Waals surface area contributed by atoms with Gasteiger partial charge in [0.2, 0.25) is 5.95 Å². The zero-order chi connectivity index (χ0) is 13.6. The summed E-state index contributed by atoms with van der Waals surface area (Å²) in [6.45, 7) is 2.59. The molecule has 1 aliphatic heterocycles. The molecule has 2 N–H and O–H groups in total. The molecule has 0 radical (unpaired) electrons. The predicted molar refractivity (Wildman–Crippen MR) is 67.7 cm³/mol. The maximum Gasteiger partial charge on any atom is 0.201 e. The van der Waals surface area contributed by atoms with Crippen LogP contribution >= 0.6 is 0 Å². The van der Waals surface area contributed by atoms with Crippen molar-refractivity contribution in [3.05, 3.63) is 23.8 Å². The first-order valence-electron chi connectivity index (χ1n) is 6.30. The third-order valence-corrected chi connectivity index (χ3v) is 3.56. The van der Waals surface area contributed by atoms with Crippen LogP contribution < -0.4 is 5.73 Å². The summed E-state index contributed by atoms with van der Waals surface area (Å²) < 4.78 is 34.3. The lowest BCUT2D eigenvalue weighted by atomic mass is 10.0. The Hall–Kier alpha value is -1.69. The average Bonchev–Trinajstić information content (AvgIpc) is 2.66. The molecule has 1 aromatic heterocycles. The Morgan fingerprint density at radius 1 is 1.42 bits per heavy atom. The van der Waals surface area contributed by atoms with Gasteiger partial charge >= 0.3 is 0 Å². The number of halogens is 2. The molecule has 0 amide bonds. The number of benzene rings is 1. The molecule has 102 valence electrons. The van der Waals surface area contributed by atoms with Crippen LogP contribution in [0.3, 0.4) is 0 Å². The average molecular weight is 267 g/mol. The second kappa shape index (κ2) is 4.45. The Bertz CT molecular complexity index is 626. The van der Waals surface area contributed by atoms with Crippen molar-refractivity contribution in [2.75, 3.05) is 12.3 Å². The quantitative estimate of drug-likeness (QED) is 0.864. The fourth-order valence-electron chi connectivity index (χ4n) is 2.73. The molecule has 4 nitrogen and oxygen atoms in total. The molecule has 6 heteroatoms. The fourth-order valence-corrected chi connectivity index (χ4v) is 2.73. The highest BCUT2D eigenvalue weighted by molar-refractivity contribution is 5.79. The number of aromatic nitrogens is 2. The molecule has 1 aromatic carbocycles. The lowest BCUT2D eigenvalue weighted by Gasteiger charge is -2.29. The molecule has 1 fully saturated rings. The number of nitrogens with two attached hydrogens (primary N) is 1. The maximum atomic E-state index is 13.7. The van der Waals surface area contributed by atoms with Crippen molar-refractivity contribution in [1.82, 2.24) is 9.55 Å². The molecular weight excluding hydrogens is 252 g/mol. The van der Waals surface area contributed by atoms with Crippen LogP contribution in [0.5, 0.6) is 0 Å². The molecular formula is C13H15F2N3O. The van der Waals surface area contributed by atoms with Gasteiger partial charge in [0.25, 0.3) is 0 Å². The fraction of sp³-hybridized carbons (Fsp3) is 0.462. The van der Waals surface area contributed by atoms with Crippen molar-refractivity contribution < 1.29 is 13.5 Å². The Balaban J connectivity index is 2.14. The van der Waals surface area contributed by atoms with Crippen LogP contribution in [0.25, 0.3) is 11.0 Å². The Labute approximate surface area is 109 Å². The van der Waals surface area contributed by atoms with E-state index >= 15 is 0 Å². The van der Waals surface area contributed by atoms with Crippen molar-refractivity contribution in [1.29, 1.82) is 0 Å². The van der Waals surface area contributed by atoms with E-state index in [1.54, 1.807) is 4.57 Å². The Morgan fingerprint density at radius 3 is 2.95 bits per heavy atom. The van der Waals surface area contributed by atoms with Crippen LogP contribution in [-0.2, 0) is 4.74 Å². The van der Waals surface area contributed by atoms with Gasteiger partial charge in [0.05, 0.1) is 11.6 Å². The molecule has 2 aromatic rings. The van der Waals surface area contributed by atoms with E-state index in [4.69, 9.17) is 10.5 Å². The van der Waals surface area contributed by atoms with E-state index < -0.39 is 11.6 Å². The highest BCUT2D eigenvalue weighted by atomic mass is 19.1. The summed E-state index contributed by atoms with van der Waals surface area (Å²) in [5.74, 6) is -1.08. The zero-order valence-electron chi connectivity index (χ0n) is 10.6. The van der Waals surface area contributed by atoms with Crippen LogP contribution in [0.1, 0.15) is 25.8 Å². The van der Waals surface area contributed by atoms with Crippen LogP contribution in [0, 0.1) is 11.6 Å². The van der Waals surface area contributed by atoms with Crippen LogP contribution in [0.4, 0.5) is 14.7 Å². The molecule has 0 spiro atoms. The van der Waals surface area contributed by atoms with E-state index in [-0.39, 0.29) is 23.6 Å². The second-order valence-electron chi connectivity index (χ2n) is 4.95. The Morgan fingerprint density at radius 2 is 2.21 bits per heavy atom. The van der Waals surface area contributed by atoms with E-state index in [9.17, 15) is 8.78 Å². The maximum absolute atomic E-state index is 13.7. The minimum Gasteiger partial charge on any atom is -0.378 e. The molecule has 19 heavy (non-hydrogen) atoms. The third kappa shape index (κ3) is 2.06. The largest absolute Gasteiger partial charge is 0.378 e. The van der Waals surface area contributed by atoms with Crippen molar-refractivity contribution in [2.24, 2.45) is 0 Å². The minimum absolute atomic E-state index is 0.0648.